The number of rotatable bonds is 5. The summed E-state index contributed by atoms with van der Waals surface area (Å²) in [7, 11) is 3.33. The summed E-state index contributed by atoms with van der Waals surface area (Å²) in [6, 6.07) is 6.07. The molecule has 1 aromatic carbocycles. The maximum atomic E-state index is 5.77. The van der Waals surface area contributed by atoms with Crippen LogP contribution in [0.15, 0.2) is 18.2 Å². The predicted octanol–water partition coefficient (Wildman–Crippen LogP) is 2.49. The first kappa shape index (κ1) is 14.5. The molecule has 2 unspecified atom stereocenters. The van der Waals surface area contributed by atoms with Crippen LogP contribution < -0.4 is 20.7 Å². The van der Waals surface area contributed by atoms with E-state index >= 15 is 0 Å². The zero-order chi connectivity index (χ0) is 13.7. The van der Waals surface area contributed by atoms with Crippen LogP contribution in [0.3, 0.4) is 0 Å². The fourth-order valence-corrected chi connectivity index (χ4v) is 3.89. The molecule has 106 valence electrons. The number of nitrogens with two attached hydrogens (primary N) is 1. The highest BCUT2D eigenvalue weighted by Gasteiger charge is 2.25. The van der Waals surface area contributed by atoms with Crippen molar-refractivity contribution in [3.05, 3.63) is 23.8 Å². The Morgan fingerprint density at radius 3 is 2.37 bits per heavy atom. The van der Waals surface area contributed by atoms with Gasteiger partial charge in [-0.15, -0.1) is 0 Å². The Kier molecular flexibility index (Phi) is 5.36. The van der Waals surface area contributed by atoms with Crippen molar-refractivity contribution in [2.24, 2.45) is 5.84 Å². The van der Waals surface area contributed by atoms with Gasteiger partial charge in [-0.3, -0.25) is 11.3 Å². The molecule has 0 spiro atoms. The van der Waals surface area contributed by atoms with Gasteiger partial charge in [-0.25, -0.2) is 0 Å². The molecule has 2 atom stereocenters. The molecule has 1 fully saturated rings. The second-order valence-electron chi connectivity index (χ2n) is 4.70. The molecule has 0 radical (unpaired) electrons. The van der Waals surface area contributed by atoms with Crippen molar-refractivity contribution in [3.63, 3.8) is 0 Å². The van der Waals surface area contributed by atoms with Crippen LogP contribution in [0.2, 0.25) is 0 Å². The number of thioether (sulfide) groups is 1. The van der Waals surface area contributed by atoms with Crippen LogP contribution in [-0.2, 0) is 0 Å². The predicted molar refractivity (Wildman–Crippen MR) is 79.7 cm³/mol. The lowest BCUT2D eigenvalue weighted by Crippen LogP contribution is -2.36. The number of hydrogen-bond donors (Lipinski definition) is 2. The minimum Gasteiger partial charge on any atom is -0.497 e. The molecule has 2 rings (SSSR count). The topological polar surface area (TPSA) is 56.5 Å². The van der Waals surface area contributed by atoms with E-state index in [0.717, 1.165) is 17.1 Å². The fourth-order valence-electron chi connectivity index (χ4n) is 2.46. The van der Waals surface area contributed by atoms with E-state index in [1.807, 2.05) is 30.0 Å². The zero-order valence-electron chi connectivity index (χ0n) is 11.5. The third kappa shape index (κ3) is 3.55. The smallest absolute Gasteiger partial charge is 0.122 e. The lowest BCUT2D eigenvalue weighted by atomic mass is 9.99. The van der Waals surface area contributed by atoms with Crippen LogP contribution in [0.5, 0.6) is 11.5 Å². The average molecular weight is 282 g/mol. The lowest BCUT2D eigenvalue weighted by molar-refractivity contribution is 0.390. The summed E-state index contributed by atoms with van der Waals surface area (Å²) in [6.07, 6.45) is 3.77. The van der Waals surface area contributed by atoms with Gasteiger partial charge in [0.25, 0.3) is 0 Å². The molecule has 1 aliphatic rings. The van der Waals surface area contributed by atoms with E-state index in [9.17, 15) is 0 Å². The van der Waals surface area contributed by atoms with Crippen LogP contribution in [0.1, 0.15) is 30.9 Å². The van der Waals surface area contributed by atoms with Crippen molar-refractivity contribution >= 4 is 11.8 Å². The number of methoxy groups -OCH3 is 2. The van der Waals surface area contributed by atoms with E-state index in [-0.39, 0.29) is 6.04 Å². The minimum atomic E-state index is 0.134. The molecule has 1 aromatic rings. The van der Waals surface area contributed by atoms with Crippen molar-refractivity contribution in [2.75, 3.05) is 20.0 Å². The first-order chi connectivity index (χ1) is 9.28. The molecule has 1 saturated heterocycles. The Balaban J connectivity index is 2.25. The van der Waals surface area contributed by atoms with E-state index in [4.69, 9.17) is 15.3 Å². The Bertz CT molecular complexity index is 386. The van der Waals surface area contributed by atoms with Crippen molar-refractivity contribution in [1.29, 1.82) is 0 Å². The minimum absolute atomic E-state index is 0.134. The van der Waals surface area contributed by atoms with Crippen LogP contribution in [0, 0.1) is 0 Å². The quantitative estimate of drug-likeness (QED) is 0.642. The van der Waals surface area contributed by atoms with Gasteiger partial charge in [-0.2, -0.15) is 11.8 Å². The molecule has 0 aliphatic carbocycles. The maximum absolute atomic E-state index is 5.77. The zero-order valence-corrected chi connectivity index (χ0v) is 12.3. The molecule has 0 bridgehead atoms. The van der Waals surface area contributed by atoms with Gasteiger partial charge >= 0.3 is 0 Å². The number of hydrogen-bond acceptors (Lipinski definition) is 5. The molecular formula is C14H22N2O2S. The van der Waals surface area contributed by atoms with E-state index in [1.54, 1.807) is 14.2 Å². The second kappa shape index (κ2) is 7.03. The highest BCUT2D eigenvalue weighted by Crippen LogP contribution is 2.36. The Labute approximate surface area is 119 Å². The van der Waals surface area contributed by atoms with Crippen LogP contribution in [0.4, 0.5) is 0 Å². The highest BCUT2D eigenvalue weighted by molar-refractivity contribution is 8.00. The van der Waals surface area contributed by atoms with Crippen LogP contribution in [0.25, 0.3) is 0 Å². The summed E-state index contributed by atoms with van der Waals surface area (Å²) < 4.78 is 10.6. The summed E-state index contributed by atoms with van der Waals surface area (Å²) in [5.74, 6) is 8.59. The third-order valence-corrected chi connectivity index (χ3v) is 4.96. The maximum Gasteiger partial charge on any atom is 0.122 e. The number of hydrazine groups is 1. The summed E-state index contributed by atoms with van der Waals surface area (Å²) in [5, 5.41) is 0.510. The summed E-state index contributed by atoms with van der Waals surface area (Å²) in [4.78, 5) is 0. The van der Waals surface area contributed by atoms with Gasteiger partial charge < -0.3 is 9.47 Å². The SMILES string of the molecule is COc1cc(OC)cc(C(NN)C2CCCCS2)c1. The Hall–Kier alpha value is -0.910. The monoisotopic (exact) mass is 282 g/mol. The van der Waals surface area contributed by atoms with Gasteiger partial charge in [-0.1, -0.05) is 6.42 Å². The average Bonchev–Trinajstić information content (AvgIpc) is 2.48. The molecule has 0 aromatic heterocycles. The Morgan fingerprint density at radius 2 is 1.89 bits per heavy atom. The van der Waals surface area contributed by atoms with E-state index in [0.29, 0.717) is 5.25 Å². The van der Waals surface area contributed by atoms with E-state index < -0.39 is 0 Å². The first-order valence-corrected chi connectivity index (χ1v) is 7.64. The Morgan fingerprint density at radius 1 is 1.21 bits per heavy atom. The fraction of sp³-hybridized carbons (Fsp3) is 0.571. The molecule has 0 amide bonds. The molecular weight excluding hydrogens is 260 g/mol. The van der Waals surface area contributed by atoms with Gasteiger partial charge in [0.15, 0.2) is 0 Å². The second-order valence-corrected chi connectivity index (χ2v) is 6.04. The molecule has 5 heteroatoms. The molecule has 0 saturated carbocycles. The van der Waals surface area contributed by atoms with Gasteiger partial charge in [0.05, 0.1) is 20.3 Å². The largest absolute Gasteiger partial charge is 0.497 e. The normalized spacial score (nSPS) is 20.9. The highest BCUT2D eigenvalue weighted by atomic mass is 32.2. The number of ether oxygens (including phenoxy) is 2. The van der Waals surface area contributed by atoms with Crippen LogP contribution >= 0.6 is 11.8 Å². The van der Waals surface area contributed by atoms with Crippen molar-refractivity contribution in [2.45, 2.75) is 30.6 Å². The summed E-state index contributed by atoms with van der Waals surface area (Å²) in [5.41, 5.74) is 4.08. The first-order valence-electron chi connectivity index (χ1n) is 6.59. The molecule has 1 heterocycles. The standard InChI is InChI=1S/C14H22N2O2S/c1-17-11-7-10(8-12(9-11)18-2)14(16-15)13-5-3-4-6-19-13/h7-9,13-14,16H,3-6,15H2,1-2H3. The van der Waals surface area contributed by atoms with Gasteiger partial charge in [-0.05, 0) is 36.3 Å². The van der Waals surface area contributed by atoms with Crippen molar-refractivity contribution < 1.29 is 9.47 Å². The molecule has 19 heavy (non-hydrogen) atoms. The van der Waals surface area contributed by atoms with Crippen LogP contribution in [-0.4, -0.2) is 25.2 Å². The summed E-state index contributed by atoms with van der Waals surface area (Å²) >= 11 is 1.99. The lowest BCUT2D eigenvalue weighted by Gasteiger charge is -2.30. The van der Waals surface area contributed by atoms with Gasteiger partial charge in [0.2, 0.25) is 0 Å². The molecule has 4 nitrogen and oxygen atoms in total. The number of nitrogens with one attached hydrogen (secondary N) is 1. The van der Waals surface area contributed by atoms with E-state index in [2.05, 4.69) is 5.43 Å². The number of benzene rings is 1. The molecule has 1 aliphatic heterocycles. The molecule has 3 N–H and O–H groups in total. The van der Waals surface area contributed by atoms with E-state index in [1.165, 1.54) is 25.0 Å². The van der Waals surface area contributed by atoms with Gasteiger partial charge in [0, 0.05) is 11.3 Å². The summed E-state index contributed by atoms with van der Waals surface area (Å²) in [6.45, 7) is 0. The van der Waals surface area contributed by atoms with Crippen molar-refractivity contribution in [3.8, 4) is 11.5 Å². The third-order valence-electron chi connectivity index (χ3n) is 3.50. The van der Waals surface area contributed by atoms with Gasteiger partial charge in [0.1, 0.15) is 11.5 Å². The van der Waals surface area contributed by atoms with Crippen molar-refractivity contribution in [1.82, 2.24) is 5.43 Å².